The average Bonchev–Trinajstić information content (AvgIpc) is 2.63. The number of piperazine rings is 1. The monoisotopic (exact) mass is 395 g/mol. The summed E-state index contributed by atoms with van der Waals surface area (Å²) in [5.74, 6) is -1.32. The van der Waals surface area contributed by atoms with E-state index in [1.807, 2.05) is 20.8 Å². The SMILES string of the molecule is CC(C)(C)OC(=O)NCCOCCN1CCN(c2cnc(C(=O)O)nc2)CC1. The van der Waals surface area contributed by atoms with Gasteiger partial charge in [-0.2, -0.15) is 0 Å². The van der Waals surface area contributed by atoms with Gasteiger partial charge in [0.25, 0.3) is 0 Å². The number of carboxylic acid groups (broad SMARTS) is 1. The molecule has 2 rings (SSSR count). The Hall–Kier alpha value is -2.46. The number of ether oxygens (including phenoxy) is 2. The van der Waals surface area contributed by atoms with Crippen molar-refractivity contribution >= 4 is 17.7 Å². The van der Waals surface area contributed by atoms with Crippen molar-refractivity contribution < 1.29 is 24.2 Å². The molecule has 0 aromatic carbocycles. The lowest BCUT2D eigenvalue weighted by atomic mass is 10.2. The molecule has 1 aliphatic heterocycles. The van der Waals surface area contributed by atoms with Gasteiger partial charge in [0.1, 0.15) is 5.60 Å². The van der Waals surface area contributed by atoms with Crippen LogP contribution in [0, 0.1) is 0 Å². The molecule has 10 heteroatoms. The molecule has 156 valence electrons. The maximum atomic E-state index is 11.5. The molecule has 1 fully saturated rings. The third-order valence-electron chi connectivity index (χ3n) is 4.03. The van der Waals surface area contributed by atoms with E-state index in [9.17, 15) is 9.59 Å². The quantitative estimate of drug-likeness (QED) is 0.617. The highest BCUT2D eigenvalue weighted by molar-refractivity contribution is 5.83. The topological polar surface area (TPSA) is 117 Å². The minimum absolute atomic E-state index is 0.194. The number of hydrogen-bond acceptors (Lipinski definition) is 8. The fraction of sp³-hybridized carbons (Fsp3) is 0.667. The molecule has 2 N–H and O–H groups in total. The molecule has 10 nitrogen and oxygen atoms in total. The van der Waals surface area contributed by atoms with Gasteiger partial charge in [-0.15, -0.1) is 0 Å². The summed E-state index contributed by atoms with van der Waals surface area (Å²) < 4.78 is 10.7. The summed E-state index contributed by atoms with van der Waals surface area (Å²) in [4.78, 5) is 34.4. The Morgan fingerprint density at radius 3 is 2.36 bits per heavy atom. The molecule has 2 heterocycles. The molecule has 0 radical (unpaired) electrons. The highest BCUT2D eigenvalue weighted by atomic mass is 16.6. The van der Waals surface area contributed by atoms with Gasteiger partial charge in [0.15, 0.2) is 0 Å². The second-order valence-corrected chi connectivity index (χ2v) is 7.44. The number of hydrogen-bond donors (Lipinski definition) is 2. The summed E-state index contributed by atoms with van der Waals surface area (Å²) in [6.45, 7) is 11.1. The number of amides is 1. The third kappa shape index (κ3) is 7.65. The lowest BCUT2D eigenvalue weighted by molar-refractivity contribution is 0.0489. The number of carboxylic acids is 1. The fourth-order valence-corrected chi connectivity index (χ4v) is 2.66. The second-order valence-electron chi connectivity index (χ2n) is 7.44. The molecular weight excluding hydrogens is 366 g/mol. The van der Waals surface area contributed by atoms with Crippen LogP contribution in [0.3, 0.4) is 0 Å². The van der Waals surface area contributed by atoms with E-state index < -0.39 is 17.7 Å². The van der Waals surface area contributed by atoms with Crippen LogP contribution in [0.25, 0.3) is 0 Å². The van der Waals surface area contributed by atoms with E-state index in [2.05, 4.69) is 25.1 Å². The van der Waals surface area contributed by atoms with Crippen molar-refractivity contribution in [2.24, 2.45) is 0 Å². The first kappa shape index (κ1) is 21.8. The van der Waals surface area contributed by atoms with Crippen molar-refractivity contribution in [3.63, 3.8) is 0 Å². The van der Waals surface area contributed by atoms with Crippen molar-refractivity contribution in [1.29, 1.82) is 0 Å². The zero-order chi connectivity index (χ0) is 20.6. The van der Waals surface area contributed by atoms with Gasteiger partial charge in [-0.25, -0.2) is 19.6 Å². The zero-order valence-electron chi connectivity index (χ0n) is 16.7. The maximum absolute atomic E-state index is 11.5. The first-order chi connectivity index (χ1) is 13.2. The predicted molar refractivity (Wildman–Crippen MR) is 103 cm³/mol. The van der Waals surface area contributed by atoms with E-state index in [4.69, 9.17) is 14.6 Å². The summed E-state index contributed by atoms with van der Waals surface area (Å²) in [6.07, 6.45) is 2.66. The van der Waals surface area contributed by atoms with Crippen LogP contribution in [-0.4, -0.2) is 90.1 Å². The van der Waals surface area contributed by atoms with Crippen LogP contribution in [-0.2, 0) is 9.47 Å². The Labute approximate surface area is 164 Å². The number of nitrogens with zero attached hydrogens (tertiary/aromatic N) is 4. The van der Waals surface area contributed by atoms with Crippen molar-refractivity contribution in [1.82, 2.24) is 20.2 Å². The average molecular weight is 395 g/mol. The van der Waals surface area contributed by atoms with Crippen LogP contribution < -0.4 is 10.2 Å². The molecule has 1 aromatic heterocycles. The van der Waals surface area contributed by atoms with Gasteiger partial charge in [-0.05, 0) is 20.8 Å². The highest BCUT2D eigenvalue weighted by Crippen LogP contribution is 2.14. The standard InChI is InChI=1S/C18H29N5O5/c1-18(2,3)28-17(26)19-4-10-27-11-9-22-5-7-23(8-6-22)14-12-20-15(16(24)25)21-13-14/h12-13H,4-11H2,1-3H3,(H,19,26)(H,24,25). The summed E-state index contributed by atoms with van der Waals surface area (Å²) in [6, 6.07) is 0. The first-order valence-corrected chi connectivity index (χ1v) is 9.32. The molecule has 0 aliphatic carbocycles. The minimum Gasteiger partial charge on any atom is -0.475 e. The van der Waals surface area contributed by atoms with Crippen LogP contribution in [0.1, 0.15) is 31.4 Å². The molecule has 0 atom stereocenters. The smallest absolute Gasteiger partial charge is 0.407 e. The van der Waals surface area contributed by atoms with Crippen molar-refractivity contribution in [2.45, 2.75) is 26.4 Å². The van der Waals surface area contributed by atoms with E-state index in [1.165, 1.54) is 0 Å². The number of carbonyl (C=O) groups is 2. The second kappa shape index (κ2) is 10.2. The lowest BCUT2D eigenvalue weighted by Gasteiger charge is -2.35. The van der Waals surface area contributed by atoms with Gasteiger partial charge >= 0.3 is 12.1 Å². The normalized spacial score (nSPS) is 15.3. The number of rotatable bonds is 8. The Balaban J connectivity index is 1.57. The number of nitrogens with one attached hydrogen (secondary N) is 1. The van der Waals surface area contributed by atoms with Crippen LogP contribution in [0.5, 0.6) is 0 Å². The lowest BCUT2D eigenvalue weighted by Crippen LogP contribution is -2.47. The molecule has 1 aromatic rings. The molecule has 0 bridgehead atoms. The van der Waals surface area contributed by atoms with E-state index >= 15 is 0 Å². The predicted octanol–water partition coefficient (Wildman–Crippen LogP) is 0.838. The fourth-order valence-electron chi connectivity index (χ4n) is 2.66. The van der Waals surface area contributed by atoms with Gasteiger partial charge in [0.2, 0.25) is 5.82 Å². The van der Waals surface area contributed by atoms with Gasteiger partial charge in [-0.3, -0.25) is 4.90 Å². The van der Waals surface area contributed by atoms with Crippen molar-refractivity contribution in [3.8, 4) is 0 Å². The Morgan fingerprint density at radius 1 is 1.14 bits per heavy atom. The van der Waals surface area contributed by atoms with Gasteiger partial charge in [0.05, 0.1) is 31.3 Å². The zero-order valence-corrected chi connectivity index (χ0v) is 16.7. The molecule has 1 aliphatic rings. The van der Waals surface area contributed by atoms with Crippen LogP contribution in [0.4, 0.5) is 10.5 Å². The largest absolute Gasteiger partial charge is 0.475 e. The molecule has 0 spiro atoms. The molecule has 0 unspecified atom stereocenters. The molecule has 0 saturated carbocycles. The van der Waals surface area contributed by atoms with Gasteiger partial charge in [0, 0.05) is 39.3 Å². The molecule has 1 saturated heterocycles. The third-order valence-corrected chi connectivity index (χ3v) is 4.03. The Bertz CT molecular complexity index is 639. The highest BCUT2D eigenvalue weighted by Gasteiger charge is 2.18. The van der Waals surface area contributed by atoms with E-state index in [1.54, 1.807) is 12.4 Å². The molecule has 1 amide bonds. The van der Waals surface area contributed by atoms with Gasteiger partial charge in [-0.1, -0.05) is 0 Å². The number of aromatic nitrogens is 2. The van der Waals surface area contributed by atoms with Crippen LogP contribution in [0.2, 0.25) is 0 Å². The number of aromatic carboxylic acids is 1. The van der Waals surface area contributed by atoms with E-state index in [-0.39, 0.29) is 5.82 Å². The number of carbonyl (C=O) groups excluding carboxylic acids is 1. The summed E-state index contributed by atoms with van der Waals surface area (Å²) in [5, 5.41) is 11.5. The maximum Gasteiger partial charge on any atom is 0.407 e. The minimum atomic E-state index is -1.13. The summed E-state index contributed by atoms with van der Waals surface area (Å²) >= 11 is 0. The Kier molecular flexibility index (Phi) is 7.94. The molecule has 28 heavy (non-hydrogen) atoms. The summed E-state index contributed by atoms with van der Waals surface area (Å²) in [7, 11) is 0. The van der Waals surface area contributed by atoms with E-state index in [0.717, 1.165) is 38.4 Å². The van der Waals surface area contributed by atoms with Gasteiger partial charge < -0.3 is 24.8 Å². The summed E-state index contributed by atoms with van der Waals surface area (Å²) in [5.41, 5.74) is 0.325. The van der Waals surface area contributed by atoms with Crippen molar-refractivity contribution in [3.05, 3.63) is 18.2 Å². The Morgan fingerprint density at radius 2 is 1.79 bits per heavy atom. The van der Waals surface area contributed by atoms with Crippen LogP contribution in [0.15, 0.2) is 12.4 Å². The molecular formula is C18H29N5O5. The first-order valence-electron chi connectivity index (χ1n) is 9.32. The van der Waals surface area contributed by atoms with E-state index in [0.29, 0.717) is 19.8 Å². The van der Waals surface area contributed by atoms with Crippen LogP contribution >= 0.6 is 0 Å². The number of alkyl carbamates (subject to hydrolysis) is 1. The van der Waals surface area contributed by atoms with Crippen molar-refractivity contribution in [2.75, 3.05) is 57.4 Å². The number of anilines is 1.